The van der Waals surface area contributed by atoms with E-state index in [0.717, 1.165) is 83.5 Å². The molecule has 6 nitrogen and oxygen atoms in total. The molecule has 0 N–H and O–H groups in total. The fraction of sp³-hybridized carbons (Fsp3) is 0.804. The standard InChI is InChI=1S/C56H100O6/c1-4-7-10-13-16-18-20-22-23-24-25-26-27-28-29-30-31-32-33-35-36-38-40-43-46-49-55(58)61-52-53(51-60-54(57)48-45-42-15-12-9-6-3)62-56(59)50-47-44-41-39-37-34-21-19-17-14-11-8-5-2/h19-22,24-25,27-28,53H,4-18,23,26,29-52H2,1-3H3/b21-19-,22-20-,25-24-,28-27-. The average Bonchev–Trinajstić information content (AvgIpc) is 3.27. The van der Waals surface area contributed by atoms with E-state index in [-0.39, 0.29) is 31.1 Å². The quantitative estimate of drug-likeness (QED) is 0.0262. The number of allylic oxidation sites excluding steroid dienone is 8. The van der Waals surface area contributed by atoms with Crippen molar-refractivity contribution in [3.63, 3.8) is 0 Å². The summed E-state index contributed by atoms with van der Waals surface area (Å²) in [6.45, 7) is 6.55. The van der Waals surface area contributed by atoms with E-state index in [1.807, 2.05) is 0 Å². The van der Waals surface area contributed by atoms with Crippen molar-refractivity contribution in [2.45, 2.75) is 277 Å². The van der Waals surface area contributed by atoms with Gasteiger partial charge in [-0.05, 0) is 83.5 Å². The number of rotatable bonds is 48. The molecule has 0 radical (unpaired) electrons. The Bertz CT molecular complexity index is 1090. The average molecular weight is 869 g/mol. The molecule has 0 aliphatic rings. The van der Waals surface area contributed by atoms with E-state index < -0.39 is 6.10 Å². The third kappa shape index (κ3) is 48.4. The molecule has 0 spiro atoms. The van der Waals surface area contributed by atoms with Gasteiger partial charge >= 0.3 is 17.9 Å². The van der Waals surface area contributed by atoms with Crippen LogP contribution in [0, 0.1) is 0 Å². The molecule has 1 unspecified atom stereocenters. The number of hydrogen-bond acceptors (Lipinski definition) is 6. The van der Waals surface area contributed by atoms with E-state index in [9.17, 15) is 14.4 Å². The van der Waals surface area contributed by atoms with Gasteiger partial charge in [-0.2, -0.15) is 0 Å². The van der Waals surface area contributed by atoms with Crippen LogP contribution in [-0.4, -0.2) is 37.2 Å². The van der Waals surface area contributed by atoms with Crippen molar-refractivity contribution in [3.8, 4) is 0 Å². The summed E-state index contributed by atoms with van der Waals surface area (Å²) in [6.07, 6.45) is 61.3. The normalized spacial score (nSPS) is 12.4. The van der Waals surface area contributed by atoms with Crippen molar-refractivity contribution >= 4 is 17.9 Å². The van der Waals surface area contributed by atoms with Gasteiger partial charge in [0.1, 0.15) is 13.2 Å². The lowest BCUT2D eigenvalue weighted by Crippen LogP contribution is -2.30. The fourth-order valence-electron chi connectivity index (χ4n) is 7.50. The number of esters is 3. The molecule has 360 valence electrons. The van der Waals surface area contributed by atoms with E-state index in [0.29, 0.717) is 19.3 Å². The molecule has 0 saturated heterocycles. The summed E-state index contributed by atoms with van der Waals surface area (Å²) in [5.74, 6) is -0.894. The summed E-state index contributed by atoms with van der Waals surface area (Å²) in [7, 11) is 0. The van der Waals surface area contributed by atoms with Crippen LogP contribution in [0.4, 0.5) is 0 Å². The number of hydrogen-bond donors (Lipinski definition) is 0. The van der Waals surface area contributed by atoms with Crippen LogP contribution in [-0.2, 0) is 28.6 Å². The van der Waals surface area contributed by atoms with E-state index in [1.54, 1.807) is 0 Å². The third-order valence-corrected chi connectivity index (χ3v) is 11.6. The Balaban J connectivity index is 4.12. The Morgan fingerprint density at radius 3 is 0.935 bits per heavy atom. The molecule has 0 aromatic carbocycles. The van der Waals surface area contributed by atoms with Crippen LogP contribution < -0.4 is 0 Å². The fourth-order valence-corrected chi connectivity index (χ4v) is 7.50. The zero-order valence-corrected chi connectivity index (χ0v) is 41.1. The lowest BCUT2D eigenvalue weighted by Gasteiger charge is -2.18. The van der Waals surface area contributed by atoms with Crippen LogP contribution in [0.1, 0.15) is 271 Å². The largest absolute Gasteiger partial charge is 0.462 e. The van der Waals surface area contributed by atoms with Crippen molar-refractivity contribution in [1.82, 2.24) is 0 Å². The molecule has 1 atom stereocenters. The Hall–Kier alpha value is -2.63. The van der Waals surface area contributed by atoms with Crippen LogP contribution in [0.2, 0.25) is 0 Å². The molecule has 0 saturated carbocycles. The second-order valence-electron chi connectivity index (χ2n) is 17.8. The molecule has 0 aliphatic carbocycles. The van der Waals surface area contributed by atoms with Gasteiger partial charge in [0, 0.05) is 19.3 Å². The van der Waals surface area contributed by atoms with Crippen molar-refractivity contribution in [1.29, 1.82) is 0 Å². The molecule has 0 aliphatic heterocycles. The van der Waals surface area contributed by atoms with Gasteiger partial charge < -0.3 is 14.2 Å². The predicted molar refractivity (Wildman–Crippen MR) is 265 cm³/mol. The Morgan fingerprint density at radius 2 is 0.581 bits per heavy atom. The molecule has 0 rings (SSSR count). The van der Waals surface area contributed by atoms with Crippen LogP contribution in [0.5, 0.6) is 0 Å². The van der Waals surface area contributed by atoms with E-state index in [1.165, 1.54) is 148 Å². The molecule has 0 aromatic rings. The van der Waals surface area contributed by atoms with Crippen molar-refractivity contribution < 1.29 is 28.6 Å². The summed E-state index contributed by atoms with van der Waals surface area (Å²) < 4.78 is 16.7. The molecule has 0 bridgehead atoms. The zero-order valence-electron chi connectivity index (χ0n) is 41.1. The minimum absolute atomic E-state index is 0.0769. The summed E-state index contributed by atoms with van der Waals surface area (Å²) in [4.78, 5) is 37.7. The van der Waals surface area contributed by atoms with E-state index >= 15 is 0 Å². The maximum absolute atomic E-state index is 12.7. The SMILES string of the molecule is CCCCCC/C=C\CCCCCCCC(=O)OC(COC(=O)CCCCCCCC)COC(=O)CCCCCCCCCCCC/C=C\C/C=C\C/C=C\CCCCCCC. The first-order valence-electron chi connectivity index (χ1n) is 26.6. The second kappa shape index (κ2) is 51.0. The van der Waals surface area contributed by atoms with Gasteiger partial charge in [-0.1, -0.05) is 217 Å². The topological polar surface area (TPSA) is 78.9 Å². The summed E-state index contributed by atoms with van der Waals surface area (Å²) in [5, 5.41) is 0. The van der Waals surface area contributed by atoms with Crippen LogP contribution in [0.25, 0.3) is 0 Å². The molecular formula is C56H100O6. The lowest BCUT2D eigenvalue weighted by atomic mass is 10.1. The first-order chi connectivity index (χ1) is 30.5. The van der Waals surface area contributed by atoms with Crippen LogP contribution in [0.15, 0.2) is 48.6 Å². The summed E-state index contributed by atoms with van der Waals surface area (Å²) in [6, 6.07) is 0. The molecule has 62 heavy (non-hydrogen) atoms. The highest BCUT2D eigenvalue weighted by Crippen LogP contribution is 2.15. The van der Waals surface area contributed by atoms with E-state index in [4.69, 9.17) is 14.2 Å². The first kappa shape index (κ1) is 59.4. The van der Waals surface area contributed by atoms with Crippen molar-refractivity contribution in [2.75, 3.05) is 13.2 Å². The van der Waals surface area contributed by atoms with Crippen LogP contribution >= 0.6 is 0 Å². The number of carbonyl (C=O) groups excluding carboxylic acids is 3. The minimum Gasteiger partial charge on any atom is -0.462 e. The molecular weight excluding hydrogens is 769 g/mol. The molecule has 0 fully saturated rings. The maximum atomic E-state index is 12.7. The number of ether oxygens (including phenoxy) is 3. The monoisotopic (exact) mass is 869 g/mol. The highest BCUT2D eigenvalue weighted by atomic mass is 16.6. The summed E-state index contributed by atoms with van der Waals surface area (Å²) >= 11 is 0. The van der Waals surface area contributed by atoms with Gasteiger partial charge in [0.2, 0.25) is 0 Å². The van der Waals surface area contributed by atoms with Crippen LogP contribution in [0.3, 0.4) is 0 Å². The number of carbonyl (C=O) groups is 3. The minimum atomic E-state index is -0.773. The first-order valence-corrected chi connectivity index (χ1v) is 26.6. The van der Waals surface area contributed by atoms with Crippen molar-refractivity contribution in [3.05, 3.63) is 48.6 Å². The number of unbranched alkanes of at least 4 members (excludes halogenated alkanes) is 29. The highest BCUT2D eigenvalue weighted by molar-refractivity contribution is 5.71. The van der Waals surface area contributed by atoms with Gasteiger partial charge in [-0.15, -0.1) is 0 Å². The zero-order chi connectivity index (χ0) is 45.1. The van der Waals surface area contributed by atoms with Gasteiger partial charge in [0.25, 0.3) is 0 Å². The lowest BCUT2D eigenvalue weighted by molar-refractivity contribution is -0.167. The smallest absolute Gasteiger partial charge is 0.306 e. The maximum Gasteiger partial charge on any atom is 0.306 e. The molecule has 0 heterocycles. The van der Waals surface area contributed by atoms with Gasteiger partial charge in [0.05, 0.1) is 0 Å². The third-order valence-electron chi connectivity index (χ3n) is 11.6. The van der Waals surface area contributed by atoms with E-state index in [2.05, 4.69) is 69.4 Å². The molecule has 0 amide bonds. The van der Waals surface area contributed by atoms with Gasteiger partial charge in [0.15, 0.2) is 6.10 Å². The van der Waals surface area contributed by atoms with Gasteiger partial charge in [-0.3, -0.25) is 14.4 Å². The molecule has 6 heteroatoms. The highest BCUT2D eigenvalue weighted by Gasteiger charge is 2.19. The Morgan fingerprint density at radius 1 is 0.323 bits per heavy atom. The molecule has 0 aromatic heterocycles. The Kier molecular flexibility index (Phi) is 48.8. The summed E-state index contributed by atoms with van der Waals surface area (Å²) in [5.41, 5.74) is 0. The van der Waals surface area contributed by atoms with Gasteiger partial charge in [-0.25, -0.2) is 0 Å². The Labute approximate surface area is 384 Å². The van der Waals surface area contributed by atoms with Crippen molar-refractivity contribution in [2.24, 2.45) is 0 Å². The predicted octanol–water partition coefficient (Wildman–Crippen LogP) is 17.5. The second-order valence-corrected chi connectivity index (χ2v) is 17.8.